The molecule has 5 nitrogen and oxygen atoms in total. The van der Waals surface area contributed by atoms with Gasteiger partial charge in [0.15, 0.2) is 12.0 Å². The van der Waals surface area contributed by atoms with Crippen molar-refractivity contribution in [1.82, 2.24) is 9.88 Å². The first-order chi connectivity index (χ1) is 8.66. The molecule has 1 aliphatic rings. The fourth-order valence-corrected chi connectivity index (χ4v) is 2.29. The standard InChI is InChI=1S/C13H14N2O3/c1-15(9-3-4-9)12(13(16)17)8-2-5-10-11(6-8)18-7-14-10/h2,5-7,9,12H,3-4H2,1H3,(H,16,17). The number of fused-ring (bicyclic) bond motifs is 1. The zero-order valence-corrected chi connectivity index (χ0v) is 10.0. The third-order valence-electron chi connectivity index (χ3n) is 3.44. The largest absolute Gasteiger partial charge is 0.480 e. The lowest BCUT2D eigenvalue weighted by Gasteiger charge is -2.24. The molecule has 1 unspecified atom stereocenters. The molecule has 0 amide bonds. The molecule has 1 saturated carbocycles. The number of hydrogen-bond donors (Lipinski definition) is 1. The number of likely N-dealkylation sites (N-methyl/N-ethyl adjacent to an activating group) is 1. The van der Waals surface area contributed by atoms with E-state index in [2.05, 4.69) is 4.98 Å². The van der Waals surface area contributed by atoms with Crippen LogP contribution < -0.4 is 0 Å². The average Bonchev–Trinajstić information content (AvgIpc) is 3.08. The summed E-state index contributed by atoms with van der Waals surface area (Å²) in [7, 11) is 1.86. The molecular formula is C13H14N2O3. The van der Waals surface area contributed by atoms with Gasteiger partial charge in [0.25, 0.3) is 0 Å². The quantitative estimate of drug-likeness (QED) is 0.894. The summed E-state index contributed by atoms with van der Waals surface area (Å²) >= 11 is 0. The molecule has 0 radical (unpaired) electrons. The molecule has 18 heavy (non-hydrogen) atoms. The molecule has 1 heterocycles. The van der Waals surface area contributed by atoms with E-state index in [4.69, 9.17) is 4.42 Å². The van der Waals surface area contributed by atoms with Crippen molar-refractivity contribution in [2.45, 2.75) is 24.9 Å². The monoisotopic (exact) mass is 246 g/mol. The Morgan fingerprint density at radius 2 is 2.33 bits per heavy atom. The van der Waals surface area contributed by atoms with E-state index in [0.29, 0.717) is 11.6 Å². The molecule has 0 bridgehead atoms. The minimum absolute atomic E-state index is 0.386. The molecule has 94 valence electrons. The second-order valence-corrected chi connectivity index (χ2v) is 4.72. The van der Waals surface area contributed by atoms with Gasteiger partial charge in [0.2, 0.25) is 0 Å². The molecule has 1 aliphatic carbocycles. The zero-order chi connectivity index (χ0) is 12.7. The van der Waals surface area contributed by atoms with E-state index in [0.717, 1.165) is 23.9 Å². The fourth-order valence-electron chi connectivity index (χ4n) is 2.29. The van der Waals surface area contributed by atoms with Crippen LogP contribution in [0.3, 0.4) is 0 Å². The molecule has 1 aromatic carbocycles. The van der Waals surface area contributed by atoms with Crippen molar-refractivity contribution in [3.05, 3.63) is 30.2 Å². The maximum Gasteiger partial charge on any atom is 0.325 e. The maximum atomic E-state index is 11.5. The molecule has 5 heteroatoms. The lowest BCUT2D eigenvalue weighted by molar-refractivity contribution is -0.143. The molecular weight excluding hydrogens is 232 g/mol. The van der Waals surface area contributed by atoms with Crippen LogP contribution in [0.5, 0.6) is 0 Å². The van der Waals surface area contributed by atoms with Crippen LogP contribution >= 0.6 is 0 Å². The summed E-state index contributed by atoms with van der Waals surface area (Å²) < 4.78 is 5.22. The first kappa shape index (κ1) is 11.2. The van der Waals surface area contributed by atoms with Gasteiger partial charge in [-0.2, -0.15) is 0 Å². The summed E-state index contributed by atoms with van der Waals surface area (Å²) in [4.78, 5) is 17.4. The van der Waals surface area contributed by atoms with Crippen molar-refractivity contribution in [2.24, 2.45) is 0 Å². The first-order valence-corrected chi connectivity index (χ1v) is 5.94. The highest BCUT2D eigenvalue weighted by Gasteiger charge is 2.35. The summed E-state index contributed by atoms with van der Waals surface area (Å²) in [6, 6.07) is 5.14. The Balaban J connectivity index is 1.99. The van der Waals surface area contributed by atoms with E-state index >= 15 is 0 Å². The molecule has 3 rings (SSSR count). The number of oxazole rings is 1. The van der Waals surface area contributed by atoms with Gasteiger partial charge in [0, 0.05) is 6.04 Å². The highest BCUT2D eigenvalue weighted by molar-refractivity contribution is 5.79. The van der Waals surface area contributed by atoms with E-state index in [1.165, 1.54) is 6.39 Å². The SMILES string of the molecule is CN(C1CC1)C(C(=O)O)c1ccc2ncoc2c1. The third kappa shape index (κ3) is 1.86. The fraction of sp³-hybridized carbons (Fsp3) is 0.385. The summed E-state index contributed by atoms with van der Waals surface area (Å²) in [5.74, 6) is -0.830. The molecule has 1 aromatic heterocycles. The van der Waals surface area contributed by atoms with Crippen LogP contribution in [0.4, 0.5) is 0 Å². The Bertz CT molecular complexity index is 589. The summed E-state index contributed by atoms with van der Waals surface area (Å²) in [6.07, 6.45) is 3.52. The predicted octanol–water partition coefficient (Wildman–Crippen LogP) is 2.05. The zero-order valence-electron chi connectivity index (χ0n) is 10.0. The number of carboxylic acid groups (broad SMARTS) is 1. The number of hydrogen-bond acceptors (Lipinski definition) is 4. The lowest BCUT2D eigenvalue weighted by Crippen LogP contribution is -2.32. The van der Waals surface area contributed by atoms with Crippen LogP contribution in [0.25, 0.3) is 11.1 Å². The van der Waals surface area contributed by atoms with Gasteiger partial charge in [0.1, 0.15) is 11.6 Å². The maximum absolute atomic E-state index is 11.5. The van der Waals surface area contributed by atoms with Crippen LogP contribution in [0.1, 0.15) is 24.4 Å². The Morgan fingerprint density at radius 3 is 3.00 bits per heavy atom. The van der Waals surface area contributed by atoms with Crippen LogP contribution in [0.15, 0.2) is 29.0 Å². The molecule has 2 aromatic rings. The van der Waals surface area contributed by atoms with Gasteiger partial charge in [-0.15, -0.1) is 0 Å². The smallest absolute Gasteiger partial charge is 0.325 e. The molecule has 0 aliphatic heterocycles. The Morgan fingerprint density at radius 1 is 1.56 bits per heavy atom. The topological polar surface area (TPSA) is 66.6 Å². The van der Waals surface area contributed by atoms with Gasteiger partial charge in [0.05, 0.1) is 0 Å². The Labute approximate surface area is 104 Å². The van der Waals surface area contributed by atoms with Gasteiger partial charge in [-0.25, -0.2) is 4.98 Å². The first-order valence-electron chi connectivity index (χ1n) is 5.94. The second kappa shape index (κ2) is 4.10. The Hall–Kier alpha value is -1.88. The highest BCUT2D eigenvalue weighted by atomic mass is 16.4. The van der Waals surface area contributed by atoms with Crippen LogP contribution in [-0.2, 0) is 4.79 Å². The van der Waals surface area contributed by atoms with Crippen LogP contribution in [0, 0.1) is 0 Å². The highest BCUT2D eigenvalue weighted by Crippen LogP contribution is 2.33. The molecule has 0 spiro atoms. The van der Waals surface area contributed by atoms with E-state index in [1.807, 2.05) is 18.0 Å². The number of carbonyl (C=O) groups is 1. The van der Waals surface area contributed by atoms with Gasteiger partial charge >= 0.3 is 5.97 Å². The van der Waals surface area contributed by atoms with E-state index in [-0.39, 0.29) is 0 Å². The molecule has 1 fully saturated rings. The molecule has 1 atom stereocenters. The number of benzene rings is 1. The predicted molar refractivity (Wildman–Crippen MR) is 65.2 cm³/mol. The molecule has 1 N–H and O–H groups in total. The minimum atomic E-state index is -0.830. The van der Waals surface area contributed by atoms with E-state index < -0.39 is 12.0 Å². The van der Waals surface area contributed by atoms with Crippen molar-refractivity contribution >= 4 is 17.1 Å². The number of carboxylic acids is 1. The van der Waals surface area contributed by atoms with Crippen LogP contribution in [0.2, 0.25) is 0 Å². The van der Waals surface area contributed by atoms with Gasteiger partial charge in [-0.1, -0.05) is 6.07 Å². The van der Waals surface area contributed by atoms with Crippen molar-refractivity contribution in [1.29, 1.82) is 0 Å². The summed E-state index contributed by atoms with van der Waals surface area (Å²) in [5.41, 5.74) is 2.11. The summed E-state index contributed by atoms with van der Waals surface area (Å²) in [6.45, 7) is 0. The third-order valence-corrected chi connectivity index (χ3v) is 3.44. The van der Waals surface area contributed by atoms with Crippen molar-refractivity contribution in [3.63, 3.8) is 0 Å². The number of aromatic nitrogens is 1. The van der Waals surface area contributed by atoms with Gasteiger partial charge in [-0.3, -0.25) is 9.69 Å². The second-order valence-electron chi connectivity index (χ2n) is 4.72. The van der Waals surface area contributed by atoms with E-state index in [9.17, 15) is 9.90 Å². The van der Waals surface area contributed by atoms with E-state index in [1.54, 1.807) is 12.1 Å². The normalized spacial score (nSPS) is 17.2. The van der Waals surface area contributed by atoms with Crippen molar-refractivity contribution in [2.75, 3.05) is 7.05 Å². The number of nitrogens with zero attached hydrogens (tertiary/aromatic N) is 2. The van der Waals surface area contributed by atoms with Crippen molar-refractivity contribution < 1.29 is 14.3 Å². The Kier molecular flexibility index (Phi) is 2.56. The average molecular weight is 246 g/mol. The lowest BCUT2D eigenvalue weighted by atomic mass is 10.1. The van der Waals surface area contributed by atoms with Gasteiger partial charge in [-0.05, 0) is 37.6 Å². The molecule has 0 saturated heterocycles. The van der Waals surface area contributed by atoms with Gasteiger partial charge < -0.3 is 9.52 Å². The van der Waals surface area contributed by atoms with Crippen molar-refractivity contribution in [3.8, 4) is 0 Å². The van der Waals surface area contributed by atoms with Crippen LogP contribution in [-0.4, -0.2) is 34.0 Å². The number of rotatable bonds is 4. The summed E-state index contributed by atoms with van der Waals surface area (Å²) in [5, 5.41) is 9.41. The minimum Gasteiger partial charge on any atom is -0.480 e. The number of aliphatic carboxylic acids is 1.